The van der Waals surface area contributed by atoms with Crippen LogP contribution in [0.2, 0.25) is 0 Å². The minimum atomic E-state index is -0.432. The molecule has 4 rings (SSSR count). The van der Waals surface area contributed by atoms with Crippen LogP contribution in [0.1, 0.15) is 5.82 Å². The molecule has 2 fully saturated rings. The summed E-state index contributed by atoms with van der Waals surface area (Å²) in [6, 6.07) is 1.79. The number of carbonyl (C=O) groups is 2. The molecule has 2 saturated heterocycles. The van der Waals surface area contributed by atoms with Gasteiger partial charge < -0.3 is 9.80 Å². The van der Waals surface area contributed by atoms with Crippen LogP contribution in [0.5, 0.6) is 0 Å². The van der Waals surface area contributed by atoms with Crippen LogP contribution in [0.25, 0.3) is 6.08 Å². The molecule has 2 aromatic heterocycles. The number of nitrogens with one attached hydrogen (secondary N) is 1. The molecule has 0 aliphatic carbocycles. The number of anilines is 2. The van der Waals surface area contributed by atoms with Gasteiger partial charge in [-0.05, 0) is 17.8 Å². The molecular weight excluding hydrogens is 356 g/mol. The second kappa shape index (κ2) is 7.04. The summed E-state index contributed by atoms with van der Waals surface area (Å²) in [5, 5.41) is 1.81. The van der Waals surface area contributed by atoms with Gasteiger partial charge in [-0.25, -0.2) is 19.9 Å². The van der Waals surface area contributed by atoms with Gasteiger partial charge in [-0.1, -0.05) is 0 Å². The SMILES string of the molecule is O=C1NC(=O)/C(=C/c2ncnc(N3CCN(c4ncccn4)CC3)n2)S1. The van der Waals surface area contributed by atoms with Crippen LogP contribution in [-0.2, 0) is 4.79 Å². The maximum atomic E-state index is 11.6. The largest absolute Gasteiger partial charge is 0.337 e. The molecule has 1 N–H and O–H groups in total. The summed E-state index contributed by atoms with van der Waals surface area (Å²) in [7, 11) is 0. The van der Waals surface area contributed by atoms with E-state index < -0.39 is 11.1 Å². The van der Waals surface area contributed by atoms with Crippen LogP contribution in [-0.4, -0.2) is 62.2 Å². The molecular formula is C15H14N8O2S. The summed E-state index contributed by atoms with van der Waals surface area (Å²) in [5.74, 6) is 1.16. The summed E-state index contributed by atoms with van der Waals surface area (Å²) in [4.78, 5) is 48.5. The maximum absolute atomic E-state index is 11.6. The number of rotatable bonds is 3. The number of aromatic nitrogens is 5. The summed E-state index contributed by atoms with van der Waals surface area (Å²) in [5.41, 5.74) is 0. The highest BCUT2D eigenvalue weighted by atomic mass is 32.2. The Bertz CT molecular complexity index is 867. The molecule has 0 radical (unpaired) electrons. The fourth-order valence-corrected chi connectivity index (χ4v) is 3.27. The van der Waals surface area contributed by atoms with Crippen molar-refractivity contribution < 1.29 is 9.59 Å². The molecule has 0 saturated carbocycles. The number of hydrogen-bond donors (Lipinski definition) is 1. The first kappa shape index (κ1) is 16.4. The highest BCUT2D eigenvalue weighted by Gasteiger charge is 2.26. The first-order valence-electron chi connectivity index (χ1n) is 7.90. The predicted molar refractivity (Wildman–Crippen MR) is 95.4 cm³/mol. The van der Waals surface area contributed by atoms with E-state index in [9.17, 15) is 9.59 Å². The van der Waals surface area contributed by atoms with Crippen molar-refractivity contribution >= 4 is 40.9 Å². The Morgan fingerprint density at radius 1 is 0.962 bits per heavy atom. The van der Waals surface area contributed by atoms with E-state index in [1.807, 2.05) is 4.90 Å². The van der Waals surface area contributed by atoms with E-state index in [1.54, 1.807) is 18.5 Å². The smallest absolute Gasteiger partial charge is 0.290 e. The molecule has 11 heteroatoms. The van der Waals surface area contributed by atoms with Crippen LogP contribution in [0.3, 0.4) is 0 Å². The molecule has 4 heterocycles. The van der Waals surface area contributed by atoms with Crippen molar-refractivity contribution in [3.8, 4) is 0 Å². The van der Waals surface area contributed by atoms with Gasteiger partial charge in [0.2, 0.25) is 11.9 Å². The Kier molecular flexibility index (Phi) is 4.44. The molecule has 26 heavy (non-hydrogen) atoms. The van der Waals surface area contributed by atoms with Crippen molar-refractivity contribution in [2.45, 2.75) is 0 Å². The highest BCUT2D eigenvalue weighted by Crippen LogP contribution is 2.24. The highest BCUT2D eigenvalue weighted by molar-refractivity contribution is 8.18. The van der Waals surface area contributed by atoms with Crippen LogP contribution in [0, 0.1) is 0 Å². The Hall–Kier alpha value is -3.08. The van der Waals surface area contributed by atoms with E-state index in [2.05, 4.69) is 35.1 Å². The van der Waals surface area contributed by atoms with Crippen molar-refractivity contribution in [2.24, 2.45) is 0 Å². The number of hydrogen-bond acceptors (Lipinski definition) is 10. The molecule has 0 unspecified atom stereocenters. The zero-order chi connectivity index (χ0) is 17.9. The number of thioether (sulfide) groups is 1. The summed E-state index contributed by atoms with van der Waals surface area (Å²) in [6.45, 7) is 2.93. The van der Waals surface area contributed by atoms with Crippen molar-refractivity contribution in [1.29, 1.82) is 0 Å². The second-order valence-corrected chi connectivity index (χ2v) is 6.53. The maximum Gasteiger partial charge on any atom is 0.290 e. The van der Waals surface area contributed by atoms with Gasteiger partial charge in [-0.3, -0.25) is 14.9 Å². The summed E-state index contributed by atoms with van der Waals surface area (Å²) >= 11 is 0.835. The average Bonchev–Trinajstić information content (AvgIpc) is 3.00. The lowest BCUT2D eigenvalue weighted by Gasteiger charge is -2.34. The Morgan fingerprint density at radius 3 is 2.31 bits per heavy atom. The Morgan fingerprint density at radius 2 is 1.65 bits per heavy atom. The zero-order valence-corrected chi connectivity index (χ0v) is 14.4. The van der Waals surface area contributed by atoms with Gasteiger partial charge >= 0.3 is 0 Å². The van der Waals surface area contributed by atoms with E-state index in [-0.39, 0.29) is 4.91 Å². The normalized spacial score (nSPS) is 19.2. The van der Waals surface area contributed by atoms with E-state index in [0.717, 1.165) is 24.9 Å². The minimum Gasteiger partial charge on any atom is -0.337 e. The zero-order valence-electron chi connectivity index (χ0n) is 13.6. The number of piperazine rings is 1. The fourth-order valence-electron chi connectivity index (χ4n) is 2.62. The van der Waals surface area contributed by atoms with Gasteiger partial charge in [-0.2, -0.15) is 4.98 Å². The number of carbonyl (C=O) groups excluding carboxylic acids is 2. The van der Waals surface area contributed by atoms with E-state index in [4.69, 9.17) is 0 Å². The Balaban J connectivity index is 1.45. The van der Waals surface area contributed by atoms with Crippen LogP contribution in [0.4, 0.5) is 16.7 Å². The van der Waals surface area contributed by atoms with Gasteiger partial charge in [0, 0.05) is 44.6 Å². The Labute approximate surface area is 152 Å². The van der Waals surface area contributed by atoms with Crippen molar-refractivity contribution in [1.82, 2.24) is 30.2 Å². The monoisotopic (exact) mass is 370 g/mol. The van der Waals surface area contributed by atoms with Crippen molar-refractivity contribution in [3.63, 3.8) is 0 Å². The predicted octanol–water partition coefficient (Wildman–Crippen LogP) is 0.312. The van der Waals surface area contributed by atoms with Crippen molar-refractivity contribution in [2.75, 3.05) is 36.0 Å². The average molecular weight is 370 g/mol. The number of amides is 2. The first-order chi connectivity index (χ1) is 12.7. The van der Waals surface area contributed by atoms with Crippen LogP contribution < -0.4 is 15.1 Å². The minimum absolute atomic E-state index is 0.276. The lowest BCUT2D eigenvalue weighted by molar-refractivity contribution is -0.115. The fraction of sp³-hybridized carbons (Fsp3) is 0.267. The first-order valence-corrected chi connectivity index (χ1v) is 8.71. The number of nitrogens with zero attached hydrogens (tertiary/aromatic N) is 7. The molecule has 2 aromatic rings. The van der Waals surface area contributed by atoms with Crippen LogP contribution >= 0.6 is 11.8 Å². The van der Waals surface area contributed by atoms with Gasteiger partial charge in [0.15, 0.2) is 5.82 Å². The molecule has 132 valence electrons. The third-order valence-electron chi connectivity index (χ3n) is 3.88. The molecule has 2 aliphatic rings. The molecule has 0 atom stereocenters. The van der Waals surface area contributed by atoms with Gasteiger partial charge in [0.1, 0.15) is 6.33 Å². The summed E-state index contributed by atoms with van der Waals surface area (Å²) in [6.07, 6.45) is 6.34. The third kappa shape index (κ3) is 3.47. The van der Waals surface area contributed by atoms with E-state index in [1.165, 1.54) is 12.4 Å². The molecule has 2 aliphatic heterocycles. The number of imide groups is 1. The van der Waals surface area contributed by atoms with Crippen molar-refractivity contribution in [3.05, 3.63) is 35.5 Å². The molecule has 0 bridgehead atoms. The van der Waals surface area contributed by atoms with E-state index in [0.29, 0.717) is 30.8 Å². The topological polar surface area (TPSA) is 117 Å². The van der Waals surface area contributed by atoms with E-state index >= 15 is 0 Å². The molecule has 0 aromatic carbocycles. The van der Waals surface area contributed by atoms with Gasteiger partial charge in [-0.15, -0.1) is 0 Å². The second-order valence-electron chi connectivity index (χ2n) is 5.52. The lowest BCUT2D eigenvalue weighted by Crippen LogP contribution is -2.47. The molecule has 10 nitrogen and oxygen atoms in total. The quantitative estimate of drug-likeness (QED) is 0.757. The van der Waals surface area contributed by atoms with Gasteiger partial charge in [0.25, 0.3) is 11.1 Å². The summed E-state index contributed by atoms with van der Waals surface area (Å²) < 4.78 is 0. The van der Waals surface area contributed by atoms with Crippen LogP contribution in [0.15, 0.2) is 29.7 Å². The molecule has 0 spiro atoms. The molecule has 2 amide bonds. The standard InChI is InChI=1S/C15H14N8O2S/c24-12-10(26-15(25)21-12)8-11-18-9-19-14(20-11)23-6-4-22(5-7-23)13-16-2-1-3-17-13/h1-3,8-9H,4-7H2,(H,21,24,25)/b10-8-. The van der Waals surface area contributed by atoms with Gasteiger partial charge in [0.05, 0.1) is 4.91 Å². The lowest BCUT2D eigenvalue weighted by atomic mass is 10.3. The third-order valence-corrected chi connectivity index (χ3v) is 4.69.